The van der Waals surface area contributed by atoms with E-state index in [4.69, 9.17) is 0 Å². The number of nitrogens with one attached hydrogen (secondary N) is 1. The van der Waals surface area contributed by atoms with Gasteiger partial charge in [-0.2, -0.15) is 0 Å². The predicted octanol–water partition coefficient (Wildman–Crippen LogP) is 3.17. The first-order valence-electron chi connectivity index (χ1n) is 11.3. The van der Waals surface area contributed by atoms with Gasteiger partial charge in [0.05, 0.1) is 13.1 Å². The van der Waals surface area contributed by atoms with E-state index < -0.39 is 0 Å². The molecule has 0 unspecified atom stereocenters. The molecule has 0 atom stereocenters. The number of carbonyl (C=O) groups is 2. The minimum atomic E-state index is 0.0271. The highest BCUT2D eigenvalue weighted by atomic mass is 16.2. The predicted molar refractivity (Wildman–Crippen MR) is 121 cm³/mol. The lowest BCUT2D eigenvalue weighted by atomic mass is 10.1. The Morgan fingerprint density at radius 3 is 2.23 bits per heavy atom. The summed E-state index contributed by atoms with van der Waals surface area (Å²) < 4.78 is 0. The molecule has 0 radical (unpaired) electrons. The average Bonchev–Trinajstić information content (AvgIpc) is 3.25. The zero-order chi connectivity index (χ0) is 21.5. The second-order valence-electron chi connectivity index (χ2n) is 8.50. The normalized spacial score (nSPS) is 17.6. The van der Waals surface area contributed by atoms with Crippen LogP contribution in [0.1, 0.15) is 43.7 Å². The van der Waals surface area contributed by atoms with Crippen molar-refractivity contribution in [1.29, 1.82) is 0 Å². The molecule has 1 aromatic carbocycles. The minimum Gasteiger partial charge on any atom is -0.324 e. The molecule has 6 heteroatoms. The first kappa shape index (κ1) is 22.5. The minimum absolute atomic E-state index is 0.0271. The molecule has 0 saturated carbocycles. The van der Waals surface area contributed by atoms with Crippen molar-refractivity contribution in [2.45, 2.75) is 46.5 Å². The average molecular weight is 413 g/mol. The Kier molecular flexibility index (Phi) is 8.05. The van der Waals surface area contributed by atoms with E-state index in [1.54, 1.807) is 0 Å². The Hall–Kier alpha value is -2.18. The zero-order valence-electron chi connectivity index (χ0n) is 18.7. The third kappa shape index (κ3) is 5.92. The van der Waals surface area contributed by atoms with Crippen molar-refractivity contribution in [3.8, 4) is 0 Å². The molecule has 30 heavy (non-hydrogen) atoms. The van der Waals surface area contributed by atoms with E-state index in [1.165, 1.54) is 5.70 Å². The second kappa shape index (κ2) is 10.7. The quantitative estimate of drug-likeness (QED) is 0.713. The van der Waals surface area contributed by atoms with Crippen molar-refractivity contribution >= 4 is 17.5 Å². The SMILES string of the molecule is CCCN(C(=O)CN1CCN(CC(=O)Nc2c(C)cccc2C)CC1)C1=CCCC1. The number of piperazine rings is 1. The molecule has 1 aliphatic carbocycles. The lowest BCUT2D eigenvalue weighted by Gasteiger charge is -2.35. The van der Waals surface area contributed by atoms with E-state index in [1.807, 2.05) is 36.9 Å². The molecule has 1 N–H and O–H groups in total. The van der Waals surface area contributed by atoms with Crippen molar-refractivity contribution < 1.29 is 9.59 Å². The third-order valence-electron chi connectivity index (χ3n) is 6.05. The van der Waals surface area contributed by atoms with Crippen LogP contribution in [0.25, 0.3) is 0 Å². The number of aryl methyl sites for hydroxylation is 2. The number of para-hydroxylation sites is 1. The van der Waals surface area contributed by atoms with Crippen LogP contribution in [0.15, 0.2) is 30.0 Å². The molecular weight excluding hydrogens is 376 g/mol. The maximum atomic E-state index is 12.9. The van der Waals surface area contributed by atoms with Gasteiger partial charge in [0.2, 0.25) is 11.8 Å². The summed E-state index contributed by atoms with van der Waals surface area (Å²) >= 11 is 0. The Balaban J connectivity index is 1.45. The summed E-state index contributed by atoms with van der Waals surface area (Å²) in [5.41, 5.74) is 4.30. The lowest BCUT2D eigenvalue weighted by molar-refractivity contribution is -0.131. The molecule has 3 rings (SSSR count). The van der Waals surface area contributed by atoms with Crippen LogP contribution in [0.3, 0.4) is 0 Å². The van der Waals surface area contributed by atoms with E-state index in [0.717, 1.165) is 75.2 Å². The first-order chi connectivity index (χ1) is 14.5. The van der Waals surface area contributed by atoms with Crippen LogP contribution in [-0.4, -0.2) is 72.3 Å². The summed E-state index contributed by atoms with van der Waals surface area (Å²) in [7, 11) is 0. The van der Waals surface area contributed by atoms with Gasteiger partial charge < -0.3 is 10.2 Å². The fourth-order valence-corrected chi connectivity index (χ4v) is 4.33. The molecule has 1 heterocycles. The lowest BCUT2D eigenvalue weighted by Crippen LogP contribution is -2.51. The van der Waals surface area contributed by atoms with Gasteiger partial charge in [0, 0.05) is 44.1 Å². The summed E-state index contributed by atoms with van der Waals surface area (Å²) in [6.07, 6.45) is 6.47. The summed E-state index contributed by atoms with van der Waals surface area (Å²) in [4.78, 5) is 31.8. The van der Waals surface area contributed by atoms with Gasteiger partial charge in [-0.25, -0.2) is 0 Å². The summed E-state index contributed by atoms with van der Waals surface area (Å²) in [6.45, 7) is 11.1. The van der Waals surface area contributed by atoms with Gasteiger partial charge in [-0.15, -0.1) is 0 Å². The standard InChI is InChI=1S/C24H36N4O2/c1-4-12-28(21-10-5-6-11-21)23(30)18-27-15-13-26(14-16-27)17-22(29)25-24-19(2)8-7-9-20(24)3/h7-10H,4-6,11-18H2,1-3H3,(H,25,29). The number of allylic oxidation sites excluding steroid dienone is 2. The maximum absolute atomic E-state index is 12.9. The largest absolute Gasteiger partial charge is 0.324 e. The van der Waals surface area contributed by atoms with Crippen molar-refractivity contribution in [3.63, 3.8) is 0 Å². The molecule has 164 valence electrons. The smallest absolute Gasteiger partial charge is 0.240 e. The molecule has 2 aliphatic rings. The third-order valence-corrected chi connectivity index (χ3v) is 6.05. The molecule has 1 aromatic rings. The van der Waals surface area contributed by atoms with Crippen LogP contribution in [-0.2, 0) is 9.59 Å². The van der Waals surface area contributed by atoms with Gasteiger partial charge >= 0.3 is 0 Å². The number of amides is 2. The number of rotatable bonds is 8. The summed E-state index contributed by atoms with van der Waals surface area (Å²) in [5.74, 6) is 0.241. The molecule has 1 aliphatic heterocycles. The van der Waals surface area contributed by atoms with Gasteiger partial charge in [0.15, 0.2) is 0 Å². The van der Waals surface area contributed by atoms with Crippen molar-refractivity contribution in [2.24, 2.45) is 0 Å². The highest BCUT2D eigenvalue weighted by Gasteiger charge is 2.25. The van der Waals surface area contributed by atoms with E-state index >= 15 is 0 Å². The van der Waals surface area contributed by atoms with Gasteiger partial charge in [-0.05, 0) is 50.7 Å². The van der Waals surface area contributed by atoms with Crippen LogP contribution >= 0.6 is 0 Å². The molecule has 0 bridgehead atoms. The van der Waals surface area contributed by atoms with Crippen molar-refractivity contribution in [3.05, 3.63) is 41.1 Å². The molecule has 1 saturated heterocycles. The molecule has 0 spiro atoms. The number of anilines is 1. The summed E-state index contributed by atoms with van der Waals surface area (Å²) in [6, 6.07) is 6.04. The molecule has 0 aromatic heterocycles. The molecule has 1 fully saturated rings. The van der Waals surface area contributed by atoms with Crippen LogP contribution < -0.4 is 5.32 Å². The number of carbonyl (C=O) groups excluding carboxylic acids is 2. The number of benzene rings is 1. The highest BCUT2D eigenvalue weighted by molar-refractivity contribution is 5.93. The Morgan fingerprint density at radius 2 is 1.67 bits per heavy atom. The van der Waals surface area contributed by atoms with Crippen LogP contribution in [0, 0.1) is 13.8 Å². The second-order valence-corrected chi connectivity index (χ2v) is 8.50. The van der Waals surface area contributed by atoms with Gasteiger partial charge in [-0.3, -0.25) is 19.4 Å². The Morgan fingerprint density at radius 1 is 1.03 bits per heavy atom. The van der Waals surface area contributed by atoms with Crippen molar-refractivity contribution in [1.82, 2.24) is 14.7 Å². The fourth-order valence-electron chi connectivity index (χ4n) is 4.33. The van der Waals surface area contributed by atoms with Gasteiger partial charge in [-0.1, -0.05) is 31.2 Å². The molecule has 6 nitrogen and oxygen atoms in total. The first-order valence-corrected chi connectivity index (χ1v) is 11.3. The van der Waals surface area contributed by atoms with E-state index in [2.05, 4.69) is 28.1 Å². The van der Waals surface area contributed by atoms with Gasteiger partial charge in [0.1, 0.15) is 0 Å². The molecular formula is C24H36N4O2. The van der Waals surface area contributed by atoms with E-state index in [0.29, 0.717) is 13.1 Å². The Bertz CT molecular complexity index is 761. The van der Waals surface area contributed by atoms with E-state index in [-0.39, 0.29) is 11.8 Å². The topological polar surface area (TPSA) is 55.9 Å². The summed E-state index contributed by atoms with van der Waals surface area (Å²) in [5, 5.41) is 3.07. The number of hydrogen-bond donors (Lipinski definition) is 1. The van der Waals surface area contributed by atoms with Crippen LogP contribution in [0.2, 0.25) is 0 Å². The monoisotopic (exact) mass is 412 g/mol. The van der Waals surface area contributed by atoms with Crippen molar-refractivity contribution in [2.75, 3.05) is 51.1 Å². The van der Waals surface area contributed by atoms with Crippen LogP contribution in [0.4, 0.5) is 5.69 Å². The number of hydrogen-bond acceptors (Lipinski definition) is 4. The molecule has 2 amide bonds. The maximum Gasteiger partial charge on any atom is 0.240 e. The Labute approximate surface area is 180 Å². The van der Waals surface area contributed by atoms with Gasteiger partial charge in [0.25, 0.3) is 0 Å². The number of nitrogens with zero attached hydrogens (tertiary/aromatic N) is 3. The van der Waals surface area contributed by atoms with Crippen LogP contribution in [0.5, 0.6) is 0 Å². The van der Waals surface area contributed by atoms with E-state index in [9.17, 15) is 9.59 Å². The zero-order valence-corrected chi connectivity index (χ0v) is 18.7. The highest BCUT2D eigenvalue weighted by Crippen LogP contribution is 2.22. The fraction of sp³-hybridized carbons (Fsp3) is 0.583.